The van der Waals surface area contributed by atoms with Crippen LogP contribution in [0.5, 0.6) is 0 Å². The molecule has 0 radical (unpaired) electrons. The normalized spacial score (nSPS) is 14.8. The van der Waals surface area contributed by atoms with Crippen LogP contribution in [-0.2, 0) is 9.78 Å². The van der Waals surface area contributed by atoms with Crippen molar-refractivity contribution in [3.8, 4) is 0 Å². The van der Waals surface area contributed by atoms with Crippen LogP contribution in [0.1, 0.15) is 54.4 Å². The summed E-state index contributed by atoms with van der Waals surface area (Å²) in [6.45, 7) is 13.4. The van der Waals surface area contributed by atoms with Crippen molar-refractivity contribution in [2.45, 2.75) is 60.0 Å². The number of rotatable bonds is 6. The molecule has 0 aromatic carbocycles. The van der Waals surface area contributed by atoms with Crippen LogP contribution in [0.25, 0.3) is 0 Å². The second-order valence-corrected chi connectivity index (χ2v) is 5.56. The van der Waals surface area contributed by atoms with Crippen molar-refractivity contribution in [2.24, 2.45) is 11.8 Å². The Bertz CT molecular complexity index is 136. The Kier molecular flexibility index (Phi) is 6.38. The first-order valence-corrected chi connectivity index (χ1v) is 5.62. The molecular formula is C12H26O2. The molecule has 0 saturated heterocycles. The minimum atomic E-state index is -0.197. The van der Waals surface area contributed by atoms with E-state index in [4.69, 9.17) is 9.78 Å². The molecule has 86 valence electrons. The van der Waals surface area contributed by atoms with Gasteiger partial charge in [-0.1, -0.05) is 27.2 Å². The van der Waals surface area contributed by atoms with Gasteiger partial charge < -0.3 is 0 Å². The van der Waals surface area contributed by atoms with Crippen LogP contribution in [0.2, 0.25) is 0 Å². The van der Waals surface area contributed by atoms with Gasteiger partial charge in [0, 0.05) is 0 Å². The minimum absolute atomic E-state index is 0.197. The van der Waals surface area contributed by atoms with E-state index in [9.17, 15) is 0 Å². The lowest BCUT2D eigenvalue weighted by Crippen LogP contribution is -2.21. The first-order valence-electron chi connectivity index (χ1n) is 5.62. The summed E-state index contributed by atoms with van der Waals surface area (Å²) in [6.07, 6.45) is 2.48. The molecule has 2 heteroatoms. The SMILES string of the molecule is CC(C)CCC(C)COOC(C)(C)C. The molecule has 0 aliphatic carbocycles. The average Bonchev–Trinajstić information content (AvgIpc) is 1.98. The lowest BCUT2D eigenvalue weighted by molar-refractivity contribution is -0.353. The molecule has 0 fully saturated rings. The standard InChI is InChI=1S/C12H26O2/c1-10(2)7-8-11(3)9-13-14-12(4,5)6/h10-11H,7-9H2,1-6H3. The Morgan fingerprint density at radius 2 is 1.57 bits per heavy atom. The zero-order valence-electron chi connectivity index (χ0n) is 10.6. The fraction of sp³-hybridized carbons (Fsp3) is 1.00. The van der Waals surface area contributed by atoms with Gasteiger partial charge in [0.1, 0.15) is 0 Å². The number of hydrogen-bond donors (Lipinski definition) is 0. The highest BCUT2D eigenvalue weighted by Crippen LogP contribution is 2.14. The highest BCUT2D eigenvalue weighted by Gasteiger charge is 2.12. The van der Waals surface area contributed by atoms with Crippen molar-refractivity contribution >= 4 is 0 Å². The molecule has 0 heterocycles. The van der Waals surface area contributed by atoms with Crippen LogP contribution >= 0.6 is 0 Å². The monoisotopic (exact) mass is 202 g/mol. The summed E-state index contributed by atoms with van der Waals surface area (Å²) in [7, 11) is 0. The summed E-state index contributed by atoms with van der Waals surface area (Å²) in [4.78, 5) is 10.4. The largest absolute Gasteiger partial charge is 0.236 e. The zero-order valence-corrected chi connectivity index (χ0v) is 10.6. The van der Waals surface area contributed by atoms with Crippen molar-refractivity contribution in [3.63, 3.8) is 0 Å². The maximum Gasteiger partial charge on any atom is 0.0952 e. The van der Waals surface area contributed by atoms with E-state index in [-0.39, 0.29) is 5.60 Å². The van der Waals surface area contributed by atoms with Gasteiger partial charge >= 0.3 is 0 Å². The highest BCUT2D eigenvalue weighted by atomic mass is 17.2. The third kappa shape index (κ3) is 10.0. The second kappa shape index (κ2) is 6.41. The maximum atomic E-state index is 5.21. The van der Waals surface area contributed by atoms with E-state index in [1.807, 2.05) is 20.8 Å². The van der Waals surface area contributed by atoms with Crippen molar-refractivity contribution in [1.82, 2.24) is 0 Å². The van der Waals surface area contributed by atoms with Crippen molar-refractivity contribution in [3.05, 3.63) is 0 Å². The fourth-order valence-electron chi connectivity index (χ4n) is 1.03. The van der Waals surface area contributed by atoms with Gasteiger partial charge in [0.2, 0.25) is 0 Å². The quantitative estimate of drug-likeness (QED) is 0.482. The molecule has 0 saturated carbocycles. The molecule has 0 bridgehead atoms. The topological polar surface area (TPSA) is 18.5 Å². The minimum Gasteiger partial charge on any atom is -0.236 e. The predicted molar refractivity (Wildman–Crippen MR) is 60.0 cm³/mol. The van der Waals surface area contributed by atoms with Gasteiger partial charge in [-0.25, -0.2) is 9.78 Å². The van der Waals surface area contributed by atoms with Gasteiger partial charge in [-0.05, 0) is 39.0 Å². The predicted octanol–water partition coefficient (Wildman–Crippen LogP) is 3.81. The first-order chi connectivity index (χ1) is 6.31. The lowest BCUT2D eigenvalue weighted by Gasteiger charge is -2.19. The van der Waals surface area contributed by atoms with E-state index < -0.39 is 0 Å². The van der Waals surface area contributed by atoms with Gasteiger partial charge in [-0.2, -0.15) is 0 Å². The zero-order chi connectivity index (χ0) is 11.2. The average molecular weight is 202 g/mol. The molecule has 0 aliphatic rings. The summed E-state index contributed by atoms with van der Waals surface area (Å²) in [5, 5.41) is 0. The maximum absolute atomic E-state index is 5.21. The summed E-state index contributed by atoms with van der Waals surface area (Å²) in [6, 6.07) is 0. The second-order valence-electron chi connectivity index (χ2n) is 5.56. The number of hydrogen-bond acceptors (Lipinski definition) is 2. The van der Waals surface area contributed by atoms with Gasteiger partial charge in [-0.15, -0.1) is 0 Å². The molecule has 0 spiro atoms. The van der Waals surface area contributed by atoms with E-state index in [1.165, 1.54) is 12.8 Å². The molecule has 0 aromatic heterocycles. The van der Waals surface area contributed by atoms with Crippen molar-refractivity contribution in [1.29, 1.82) is 0 Å². The van der Waals surface area contributed by atoms with E-state index in [1.54, 1.807) is 0 Å². The van der Waals surface area contributed by atoms with Gasteiger partial charge in [0.15, 0.2) is 0 Å². The van der Waals surface area contributed by atoms with Gasteiger partial charge in [-0.3, -0.25) is 0 Å². The summed E-state index contributed by atoms with van der Waals surface area (Å²) in [5.74, 6) is 1.36. The molecule has 0 amide bonds. The van der Waals surface area contributed by atoms with E-state index in [0.717, 1.165) is 5.92 Å². The first kappa shape index (κ1) is 13.9. The molecule has 2 nitrogen and oxygen atoms in total. The molecule has 1 unspecified atom stereocenters. The summed E-state index contributed by atoms with van der Waals surface area (Å²) < 4.78 is 0. The van der Waals surface area contributed by atoms with Gasteiger partial charge in [0.05, 0.1) is 12.2 Å². The lowest BCUT2D eigenvalue weighted by atomic mass is 10.0. The molecule has 0 N–H and O–H groups in total. The third-order valence-electron chi connectivity index (χ3n) is 1.90. The van der Waals surface area contributed by atoms with Crippen LogP contribution < -0.4 is 0 Å². The fourth-order valence-corrected chi connectivity index (χ4v) is 1.03. The van der Waals surface area contributed by atoms with Crippen LogP contribution in [0.3, 0.4) is 0 Å². The Labute approximate surface area is 88.9 Å². The van der Waals surface area contributed by atoms with E-state index in [0.29, 0.717) is 12.5 Å². The molecular weight excluding hydrogens is 176 g/mol. The van der Waals surface area contributed by atoms with E-state index in [2.05, 4.69) is 20.8 Å². The Morgan fingerprint density at radius 1 is 1.00 bits per heavy atom. The third-order valence-corrected chi connectivity index (χ3v) is 1.90. The van der Waals surface area contributed by atoms with Gasteiger partial charge in [0.25, 0.3) is 0 Å². The summed E-state index contributed by atoms with van der Waals surface area (Å²) in [5.41, 5.74) is -0.197. The summed E-state index contributed by atoms with van der Waals surface area (Å²) >= 11 is 0. The van der Waals surface area contributed by atoms with Crippen LogP contribution in [0.15, 0.2) is 0 Å². The molecule has 0 aromatic rings. The molecule has 14 heavy (non-hydrogen) atoms. The van der Waals surface area contributed by atoms with Crippen molar-refractivity contribution < 1.29 is 9.78 Å². The molecule has 1 atom stereocenters. The molecule has 0 rings (SSSR count). The molecule has 0 aliphatic heterocycles. The highest BCUT2D eigenvalue weighted by molar-refractivity contribution is 4.56. The Morgan fingerprint density at radius 3 is 2.00 bits per heavy atom. The van der Waals surface area contributed by atoms with Crippen LogP contribution in [0, 0.1) is 11.8 Å². The Balaban J connectivity index is 3.40. The van der Waals surface area contributed by atoms with E-state index >= 15 is 0 Å². The Hall–Kier alpha value is -0.0800. The van der Waals surface area contributed by atoms with Crippen LogP contribution in [0.4, 0.5) is 0 Å². The van der Waals surface area contributed by atoms with Crippen molar-refractivity contribution in [2.75, 3.05) is 6.61 Å². The smallest absolute Gasteiger partial charge is 0.0952 e. The van der Waals surface area contributed by atoms with Crippen LogP contribution in [-0.4, -0.2) is 12.2 Å².